The van der Waals surface area contributed by atoms with Gasteiger partial charge in [-0.3, -0.25) is 4.79 Å². The van der Waals surface area contributed by atoms with Gasteiger partial charge in [-0.25, -0.2) is 4.98 Å². The Hall–Kier alpha value is -3.11. The third kappa shape index (κ3) is 5.20. The van der Waals surface area contributed by atoms with Gasteiger partial charge in [0.1, 0.15) is 5.82 Å². The Labute approximate surface area is 194 Å². The first-order valence-corrected chi connectivity index (χ1v) is 11.5. The van der Waals surface area contributed by atoms with E-state index in [-0.39, 0.29) is 5.91 Å². The monoisotopic (exact) mass is 445 g/mol. The fraction of sp³-hybridized carbons (Fsp3) is 0.259. The number of carbonyl (C=O) groups excluding carboxylic acids is 1. The van der Waals surface area contributed by atoms with Gasteiger partial charge in [0, 0.05) is 23.6 Å². The van der Waals surface area contributed by atoms with Crippen molar-refractivity contribution in [2.24, 2.45) is 0 Å². The summed E-state index contributed by atoms with van der Waals surface area (Å²) in [6.45, 7) is 3.36. The number of halogens is 1. The van der Waals surface area contributed by atoms with E-state index in [1.165, 1.54) is 0 Å². The van der Waals surface area contributed by atoms with Gasteiger partial charge < -0.3 is 9.88 Å². The average molecular weight is 446 g/mol. The Morgan fingerprint density at radius 1 is 0.938 bits per heavy atom. The van der Waals surface area contributed by atoms with Gasteiger partial charge in [-0.05, 0) is 55.2 Å². The van der Waals surface area contributed by atoms with E-state index in [0.717, 1.165) is 64.3 Å². The van der Waals surface area contributed by atoms with Crippen LogP contribution in [0.5, 0.6) is 0 Å². The maximum atomic E-state index is 12.3. The largest absolute Gasteiger partial charge is 0.352 e. The lowest BCUT2D eigenvalue weighted by molar-refractivity contribution is 0.0952. The van der Waals surface area contributed by atoms with Crippen LogP contribution in [0, 0.1) is 6.92 Å². The van der Waals surface area contributed by atoms with Crippen molar-refractivity contribution < 1.29 is 4.79 Å². The van der Waals surface area contributed by atoms with Crippen LogP contribution in [0.1, 0.15) is 46.6 Å². The van der Waals surface area contributed by atoms with Crippen molar-refractivity contribution in [3.05, 3.63) is 100 Å². The Balaban J connectivity index is 1.34. The number of amides is 1. The summed E-state index contributed by atoms with van der Waals surface area (Å²) < 4.78 is 2.27. The molecule has 4 aromatic rings. The van der Waals surface area contributed by atoms with Crippen molar-refractivity contribution in [1.82, 2.24) is 14.9 Å². The number of hydrogen-bond donors (Lipinski definition) is 1. The number of benzene rings is 3. The molecule has 1 amide bonds. The van der Waals surface area contributed by atoms with Gasteiger partial charge in [-0.15, -0.1) is 0 Å². The number of fused-ring (bicyclic) bond motifs is 1. The summed E-state index contributed by atoms with van der Waals surface area (Å²) in [7, 11) is 0. The first-order chi connectivity index (χ1) is 15.6. The van der Waals surface area contributed by atoms with Gasteiger partial charge in [0.2, 0.25) is 0 Å². The second-order valence-corrected chi connectivity index (χ2v) is 8.48. The summed E-state index contributed by atoms with van der Waals surface area (Å²) in [5.41, 5.74) is 4.99. The molecule has 1 aromatic heterocycles. The zero-order valence-electron chi connectivity index (χ0n) is 18.4. The quantitative estimate of drug-likeness (QED) is 0.312. The molecule has 1 heterocycles. The molecule has 0 aliphatic rings. The second kappa shape index (κ2) is 10.5. The van der Waals surface area contributed by atoms with Crippen LogP contribution in [0.25, 0.3) is 11.0 Å². The third-order valence-corrected chi connectivity index (χ3v) is 6.14. The lowest BCUT2D eigenvalue weighted by Gasteiger charge is -2.11. The summed E-state index contributed by atoms with van der Waals surface area (Å²) in [6.07, 6.45) is 3.89. The minimum absolute atomic E-state index is 0.00429. The van der Waals surface area contributed by atoms with Gasteiger partial charge in [0.15, 0.2) is 0 Å². The maximum absolute atomic E-state index is 12.3. The smallest absolute Gasteiger partial charge is 0.251 e. The van der Waals surface area contributed by atoms with Gasteiger partial charge in [-0.1, -0.05) is 66.6 Å². The molecule has 0 bridgehead atoms. The highest BCUT2D eigenvalue weighted by Crippen LogP contribution is 2.22. The molecular formula is C27H28ClN3O. The van der Waals surface area contributed by atoms with Gasteiger partial charge in [0.25, 0.3) is 5.91 Å². The molecule has 0 fully saturated rings. The molecule has 164 valence electrons. The molecule has 0 unspecified atom stereocenters. The highest BCUT2D eigenvalue weighted by molar-refractivity contribution is 6.31. The zero-order valence-corrected chi connectivity index (χ0v) is 19.1. The molecule has 0 saturated heterocycles. The number of aryl methyl sites for hydroxylation is 2. The van der Waals surface area contributed by atoms with E-state index in [1.807, 2.05) is 61.5 Å². The van der Waals surface area contributed by atoms with Crippen molar-refractivity contribution >= 4 is 28.5 Å². The number of carbonyl (C=O) groups is 1. The molecular weight excluding hydrogens is 418 g/mol. The van der Waals surface area contributed by atoms with Crippen LogP contribution in [0.4, 0.5) is 0 Å². The number of rotatable bonds is 9. The van der Waals surface area contributed by atoms with Gasteiger partial charge in [0.05, 0.1) is 17.6 Å². The van der Waals surface area contributed by atoms with Crippen LogP contribution in [-0.2, 0) is 13.0 Å². The molecule has 4 nitrogen and oxygen atoms in total. The molecule has 32 heavy (non-hydrogen) atoms. The summed E-state index contributed by atoms with van der Waals surface area (Å²) >= 11 is 6.42. The predicted octanol–water partition coefficient (Wildman–Crippen LogP) is 6.19. The van der Waals surface area contributed by atoms with Crippen molar-refractivity contribution in [2.75, 3.05) is 6.54 Å². The number of nitrogens with zero attached hydrogens (tertiary/aromatic N) is 2. The summed E-state index contributed by atoms with van der Waals surface area (Å²) in [6, 6.07) is 23.9. The molecule has 0 aliphatic carbocycles. The average Bonchev–Trinajstić information content (AvgIpc) is 3.15. The Morgan fingerprint density at radius 3 is 2.53 bits per heavy atom. The van der Waals surface area contributed by atoms with Gasteiger partial charge >= 0.3 is 0 Å². The fourth-order valence-corrected chi connectivity index (χ4v) is 4.19. The molecule has 5 heteroatoms. The fourth-order valence-electron chi connectivity index (χ4n) is 4.00. The minimum atomic E-state index is 0.00429. The zero-order chi connectivity index (χ0) is 22.3. The number of nitrogens with one attached hydrogen (secondary N) is 1. The molecule has 4 rings (SSSR count). The predicted molar refractivity (Wildman–Crippen MR) is 131 cm³/mol. The van der Waals surface area contributed by atoms with Crippen LogP contribution in [0.2, 0.25) is 5.02 Å². The Morgan fingerprint density at radius 2 is 1.69 bits per heavy atom. The first-order valence-electron chi connectivity index (χ1n) is 11.1. The number of aromatic nitrogens is 2. The van der Waals surface area contributed by atoms with E-state index in [4.69, 9.17) is 16.6 Å². The lowest BCUT2D eigenvalue weighted by atomic mass is 10.1. The van der Waals surface area contributed by atoms with Crippen LogP contribution in [0.15, 0.2) is 72.8 Å². The van der Waals surface area contributed by atoms with E-state index in [9.17, 15) is 4.79 Å². The normalized spacial score (nSPS) is 11.1. The highest BCUT2D eigenvalue weighted by atomic mass is 35.5. The number of hydrogen-bond acceptors (Lipinski definition) is 2. The summed E-state index contributed by atoms with van der Waals surface area (Å²) in [4.78, 5) is 17.2. The standard InChI is InChI=1S/C27H28ClN3O/c1-20-11-4-6-13-22(20)27(32)29-18-10-2-3-17-26-30-24-15-8-9-16-25(24)31(26)19-21-12-5-7-14-23(21)28/h4-9,11-16H,2-3,10,17-19H2,1H3,(H,29,32). The maximum Gasteiger partial charge on any atom is 0.251 e. The van der Waals surface area contributed by atoms with E-state index in [0.29, 0.717) is 13.1 Å². The lowest BCUT2D eigenvalue weighted by Crippen LogP contribution is -2.25. The highest BCUT2D eigenvalue weighted by Gasteiger charge is 2.12. The minimum Gasteiger partial charge on any atom is -0.352 e. The molecule has 0 spiro atoms. The van der Waals surface area contributed by atoms with Crippen LogP contribution >= 0.6 is 11.6 Å². The molecule has 0 saturated carbocycles. The SMILES string of the molecule is Cc1ccccc1C(=O)NCCCCCc1nc2ccccc2n1Cc1ccccc1Cl. The van der Waals surface area contributed by atoms with E-state index >= 15 is 0 Å². The van der Waals surface area contributed by atoms with Crippen molar-refractivity contribution in [3.63, 3.8) is 0 Å². The van der Waals surface area contributed by atoms with Crippen molar-refractivity contribution in [1.29, 1.82) is 0 Å². The van der Waals surface area contributed by atoms with Gasteiger partial charge in [-0.2, -0.15) is 0 Å². The first kappa shape index (κ1) is 22.1. The Kier molecular flexibility index (Phi) is 7.23. The molecule has 0 radical (unpaired) electrons. The van der Waals surface area contributed by atoms with Crippen molar-refractivity contribution in [2.45, 2.75) is 39.2 Å². The Bertz CT molecular complexity index is 1210. The number of para-hydroxylation sites is 2. The molecule has 0 aliphatic heterocycles. The number of imidazole rings is 1. The molecule has 1 N–H and O–H groups in total. The molecule has 0 atom stereocenters. The van der Waals surface area contributed by atoms with Crippen molar-refractivity contribution in [3.8, 4) is 0 Å². The topological polar surface area (TPSA) is 46.9 Å². The number of unbranched alkanes of at least 4 members (excludes halogenated alkanes) is 2. The van der Waals surface area contributed by atoms with Crippen LogP contribution < -0.4 is 5.32 Å². The van der Waals surface area contributed by atoms with E-state index < -0.39 is 0 Å². The van der Waals surface area contributed by atoms with Crippen LogP contribution in [-0.4, -0.2) is 22.0 Å². The molecule has 3 aromatic carbocycles. The van der Waals surface area contributed by atoms with E-state index in [2.05, 4.69) is 28.1 Å². The van der Waals surface area contributed by atoms with E-state index in [1.54, 1.807) is 0 Å². The third-order valence-electron chi connectivity index (χ3n) is 5.77. The summed E-state index contributed by atoms with van der Waals surface area (Å²) in [5.74, 6) is 1.08. The summed E-state index contributed by atoms with van der Waals surface area (Å²) in [5, 5.41) is 3.81. The van der Waals surface area contributed by atoms with Crippen LogP contribution in [0.3, 0.4) is 0 Å². The second-order valence-electron chi connectivity index (χ2n) is 8.08.